The molecule has 0 saturated heterocycles. The molecule has 0 atom stereocenters. The lowest BCUT2D eigenvalue weighted by Crippen LogP contribution is -1.98. The van der Waals surface area contributed by atoms with Crippen molar-refractivity contribution in [2.24, 2.45) is 0 Å². The molecule has 0 unspecified atom stereocenters. The normalized spacial score (nSPS) is 11.0. The van der Waals surface area contributed by atoms with Gasteiger partial charge in [-0.05, 0) is 30.2 Å². The molecule has 25 heavy (non-hydrogen) atoms. The number of rotatable bonds is 3. The molecule has 4 nitrogen and oxygen atoms in total. The number of aromatic nitrogens is 3. The Hall–Kier alpha value is -3.11. The van der Waals surface area contributed by atoms with Crippen LogP contribution in [0.4, 0.5) is 0 Å². The van der Waals surface area contributed by atoms with E-state index >= 15 is 0 Å². The monoisotopic (exact) mass is 327 g/mol. The third-order valence-electron chi connectivity index (χ3n) is 4.26. The van der Waals surface area contributed by atoms with Crippen LogP contribution in [0.2, 0.25) is 0 Å². The number of aliphatic hydroxyl groups excluding tert-OH is 1. The van der Waals surface area contributed by atoms with E-state index in [1.807, 2.05) is 73.8 Å². The molecule has 0 radical (unpaired) electrons. The van der Waals surface area contributed by atoms with Gasteiger partial charge in [0.2, 0.25) is 0 Å². The summed E-state index contributed by atoms with van der Waals surface area (Å²) in [4.78, 5) is 13.9. The first-order valence-corrected chi connectivity index (χ1v) is 8.15. The van der Waals surface area contributed by atoms with Crippen LogP contribution in [0.15, 0.2) is 66.9 Å². The van der Waals surface area contributed by atoms with Crippen molar-refractivity contribution in [3.8, 4) is 22.8 Å². The van der Waals surface area contributed by atoms with Gasteiger partial charge in [0.25, 0.3) is 0 Å². The molecule has 2 aromatic carbocycles. The number of hydrogen-bond acceptors (Lipinski definition) is 4. The highest BCUT2D eigenvalue weighted by atomic mass is 16.3. The van der Waals surface area contributed by atoms with E-state index in [1.165, 1.54) is 0 Å². The lowest BCUT2D eigenvalue weighted by Gasteiger charge is -2.11. The summed E-state index contributed by atoms with van der Waals surface area (Å²) < 4.78 is 0. The molecule has 0 aliphatic rings. The van der Waals surface area contributed by atoms with E-state index < -0.39 is 0 Å². The number of nitrogens with zero attached hydrogens (tertiary/aromatic N) is 3. The number of hydrogen-bond donors (Lipinski definition) is 1. The molecule has 0 aliphatic carbocycles. The molecule has 0 amide bonds. The Labute approximate surface area is 145 Å². The highest BCUT2D eigenvalue weighted by Gasteiger charge is 2.12. The summed E-state index contributed by atoms with van der Waals surface area (Å²) in [6, 6.07) is 19.6. The first-order chi connectivity index (χ1) is 12.3. The van der Waals surface area contributed by atoms with Crippen molar-refractivity contribution in [1.82, 2.24) is 15.0 Å². The predicted molar refractivity (Wildman–Crippen MR) is 98.9 cm³/mol. The van der Waals surface area contributed by atoms with Gasteiger partial charge in [0, 0.05) is 17.1 Å². The molecule has 1 N–H and O–H groups in total. The number of para-hydroxylation sites is 1. The second-order valence-electron chi connectivity index (χ2n) is 5.93. The largest absolute Gasteiger partial charge is 0.392 e. The maximum atomic E-state index is 9.62. The average molecular weight is 327 g/mol. The Morgan fingerprint density at radius 3 is 2.56 bits per heavy atom. The molecule has 2 heterocycles. The zero-order valence-corrected chi connectivity index (χ0v) is 13.8. The second kappa shape index (κ2) is 6.42. The summed E-state index contributed by atoms with van der Waals surface area (Å²) in [6.45, 7) is 2.00. The third-order valence-corrected chi connectivity index (χ3v) is 4.26. The van der Waals surface area contributed by atoms with Gasteiger partial charge in [0.15, 0.2) is 5.82 Å². The minimum Gasteiger partial charge on any atom is -0.392 e. The van der Waals surface area contributed by atoms with Gasteiger partial charge in [-0.3, -0.25) is 0 Å². The van der Waals surface area contributed by atoms with Gasteiger partial charge in [-0.25, -0.2) is 15.0 Å². The minimum absolute atomic E-state index is 0.0198. The maximum Gasteiger partial charge on any atom is 0.178 e. The van der Waals surface area contributed by atoms with Crippen molar-refractivity contribution < 1.29 is 5.11 Å². The van der Waals surface area contributed by atoms with Crippen LogP contribution in [0.3, 0.4) is 0 Å². The van der Waals surface area contributed by atoms with Crippen molar-refractivity contribution >= 4 is 10.9 Å². The molecule has 0 bridgehead atoms. The highest BCUT2D eigenvalue weighted by Crippen LogP contribution is 2.27. The number of aliphatic hydroxyl groups is 1. The molecular weight excluding hydrogens is 310 g/mol. The Morgan fingerprint density at radius 1 is 0.880 bits per heavy atom. The Balaban J connectivity index is 1.86. The van der Waals surface area contributed by atoms with E-state index in [4.69, 9.17) is 4.98 Å². The van der Waals surface area contributed by atoms with E-state index in [9.17, 15) is 5.11 Å². The van der Waals surface area contributed by atoms with Gasteiger partial charge in [0.1, 0.15) is 5.69 Å². The lowest BCUT2D eigenvalue weighted by molar-refractivity contribution is 0.282. The van der Waals surface area contributed by atoms with Gasteiger partial charge in [-0.15, -0.1) is 0 Å². The number of fused-ring (bicyclic) bond motifs is 1. The topological polar surface area (TPSA) is 58.9 Å². The Kier molecular flexibility index (Phi) is 3.96. The molecule has 4 rings (SSSR count). The number of pyridine rings is 1. The summed E-state index contributed by atoms with van der Waals surface area (Å²) in [5, 5.41) is 10.6. The molecule has 122 valence electrons. The molecule has 2 aromatic heterocycles. The smallest absolute Gasteiger partial charge is 0.178 e. The van der Waals surface area contributed by atoms with Crippen LogP contribution in [0, 0.1) is 6.92 Å². The summed E-state index contributed by atoms with van der Waals surface area (Å²) in [5.74, 6) is 0.599. The van der Waals surface area contributed by atoms with Gasteiger partial charge in [-0.2, -0.15) is 0 Å². The van der Waals surface area contributed by atoms with E-state index in [0.29, 0.717) is 5.82 Å². The molecule has 4 heteroatoms. The average Bonchev–Trinajstić information content (AvgIpc) is 2.68. The highest BCUT2D eigenvalue weighted by molar-refractivity contribution is 5.79. The third kappa shape index (κ3) is 2.88. The summed E-state index contributed by atoms with van der Waals surface area (Å²) >= 11 is 0. The zero-order chi connectivity index (χ0) is 17.2. The number of benzene rings is 2. The first kappa shape index (κ1) is 15.4. The van der Waals surface area contributed by atoms with Crippen molar-refractivity contribution in [2.75, 3.05) is 0 Å². The van der Waals surface area contributed by atoms with Crippen LogP contribution in [0.5, 0.6) is 0 Å². The Morgan fingerprint density at radius 2 is 1.68 bits per heavy atom. The fourth-order valence-corrected chi connectivity index (χ4v) is 2.91. The van der Waals surface area contributed by atoms with Crippen LogP contribution in [-0.2, 0) is 6.61 Å². The van der Waals surface area contributed by atoms with Crippen LogP contribution in [0.25, 0.3) is 33.7 Å². The molecule has 0 fully saturated rings. The van der Waals surface area contributed by atoms with Crippen molar-refractivity contribution in [2.45, 2.75) is 13.5 Å². The van der Waals surface area contributed by atoms with E-state index in [1.54, 1.807) is 0 Å². The van der Waals surface area contributed by atoms with Crippen LogP contribution < -0.4 is 0 Å². The van der Waals surface area contributed by atoms with Gasteiger partial charge < -0.3 is 5.11 Å². The lowest BCUT2D eigenvalue weighted by atomic mass is 10.0. The summed E-state index contributed by atoms with van der Waals surface area (Å²) in [5.41, 5.74) is 5.30. The molecule has 0 saturated carbocycles. The fourth-order valence-electron chi connectivity index (χ4n) is 2.91. The predicted octanol–water partition coefficient (Wildman–Crippen LogP) is 4.16. The van der Waals surface area contributed by atoms with E-state index in [0.717, 1.165) is 39.0 Å². The van der Waals surface area contributed by atoms with Crippen molar-refractivity contribution in [3.63, 3.8) is 0 Å². The van der Waals surface area contributed by atoms with E-state index in [-0.39, 0.29) is 6.61 Å². The minimum atomic E-state index is -0.0198. The van der Waals surface area contributed by atoms with Gasteiger partial charge in [-0.1, -0.05) is 48.5 Å². The first-order valence-electron chi connectivity index (χ1n) is 8.15. The van der Waals surface area contributed by atoms with Gasteiger partial charge in [0.05, 0.1) is 17.8 Å². The van der Waals surface area contributed by atoms with E-state index in [2.05, 4.69) is 9.97 Å². The molecule has 4 aromatic rings. The Bertz CT molecular complexity index is 1060. The van der Waals surface area contributed by atoms with Crippen molar-refractivity contribution in [3.05, 3.63) is 78.0 Å². The quantitative estimate of drug-likeness (QED) is 0.614. The van der Waals surface area contributed by atoms with Crippen molar-refractivity contribution in [1.29, 1.82) is 0 Å². The summed E-state index contributed by atoms with van der Waals surface area (Å²) in [7, 11) is 0. The molecule has 0 aliphatic heterocycles. The fraction of sp³-hybridized carbons (Fsp3) is 0.0952. The number of aryl methyl sites for hydroxylation is 1. The summed E-state index contributed by atoms with van der Waals surface area (Å²) in [6.07, 6.45) is 1.82. The van der Waals surface area contributed by atoms with Crippen LogP contribution in [-0.4, -0.2) is 20.1 Å². The SMILES string of the molecule is Cc1ccc(-c2ncc3ccccc3n2)nc1-c1ccccc1CO. The standard InChI is InChI=1S/C21H17N3O/c1-14-10-11-19(21-22-12-15-6-3-5-9-18(15)24-21)23-20(14)17-8-4-2-7-16(17)13-25/h2-12,25H,13H2,1H3. The second-order valence-corrected chi connectivity index (χ2v) is 5.93. The van der Waals surface area contributed by atoms with Crippen LogP contribution >= 0.6 is 0 Å². The maximum absolute atomic E-state index is 9.62. The molecular formula is C21H17N3O. The van der Waals surface area contributed by atoms with Gasteiger partial charge >= 0.3 is 0 Å². The molecule has 0 spiro atoms. The van der Waals surface area contributed by atoms with Crippen LogP contribution in [0.1, 0.15) is 11.1 Å². The zero-order valence-electron chi connectivity index (χ0n) is 13.8.